The second-order valence-electron chi connectivity index (χ2n) is 1.69. The number of aliphatic carboxylic acids is 1. The molecule has 0 saturated heterocycles. The predicted octanol–water partition coefficient (Wildman–Crippen LogP) is -0.495. The lowest BCUT2D eigenvalue weighted by atomic mass is 10.2. The Morgan fingerprint density at radius 3 is 2.70 bits per heavy atom. The van der Waals surface area contributed by atoms with Crippen molar-refractivity contribution in [3.05, 3.63) is 0 Å². The van der Waals surface area contributed by atoms with Crippen molar-refractivity contribution in [2.45, 2.75) is 12.5 Å². The topological polar surface area (TPSA) is 66.4 Å². The molecule has 1 atom stereocenters. The summed E-state index contributed by atoms with van der Waals surface area (Å²) in [6.07, 6.45) is 0.722. The van der Waals surface area contributed by atoms with Gasteiger partial charge in [0.15, 0.2) is 0 Å². The van der Waals surface area contributed by atoms with Crippen LogP contribution in [-0.2, 0) is 9.59 Å². The van der Waals surface area contributed by atoms with Crippen molar-refractivity contribution in [1.29, 1.82) is 0 Å². The quantitative estimate of drug-likeness (QED) is 0.378. The van der Waals surface area contributed by atoms with Crippen molar-refractivity contribution in [1.82, 2.24) is 5.32 Å². The summed E-state index contributed by atoms with van der Waals surface area (Å²) >= 11 is 3.83. The molecule has 0 radical (unpaired) electrons. The molecule has 0 heterocycles. The molecule has 0 bridgehead atoms. The zero-order valence-electron chi connectivity index (χ0n) is 5.28. The van der Waals surface area contributed by atoms with Crippen molar-refractivity contribution >= 4 is 25.0 Å². The molecule has 1 amide bonds. The molecule has 0 fully saturated rings. The lowest BCUT2D eigenvalue weighted by Gasteiger charge is -2.07. The fourth-order valence-corrected chi connectivity index (χ4v) is 0.748. The highest BCUT2D eigenvalue weighted by atomic mass is 32.1. The fraction of sp³-hybridized carbons (Fsp3) is 0.600. The third-order valence-corrected chi connectivity index (χ3v) is 1.24. The predicted molar refractivity (Wildman–Crippen MR) is 39.1 cm³/mol. The Hall–Kier alpha value is -0.710. The number of carbonyl (C=O) groups is 2. The van der Waals surface area contributed by atoms with Crippen LogP contribution in [0.25, 0.3) is 0 Å². The second kappa shape index (κ2) is 5.10. The van der Waals surface area contributed by atoms with Gasteiger partial charge in [-0.2, -0.15) is 12.6 Å². The van der Waals surface area contributed by atoms with Crippen molar-refractivity contribution in [2.75, 3.05) is 5.75 Å². The monoisotopic (exact) mass is 163 g/mol. The van der Waals surface area contributed by atoms with Gasteiger partial charge in [-0.1, -0.05) is 0 Å². The lowest BCUT2D eigenvalue weighted by molar-refractivity contribution is -0.140. The van der Waals surface area contributed by atoms with Crippen LogP contribution in [-0.4, -0.2) is 29.3 Å². The van der Waals surface area contributed by atoms with Crippen molar-refractivity contribution in [3.63, 3.8) is 0 Å². The first kappa shape index (κ1) is 9.29. The molecule has 0 aliphatic rings. The Morgan fingerprint density at radius 1 is 1.80 bits per heavy atom. The molecule has 0 rings (SSSR count). The van der Waals surface area contributed by atoms with E-state index in [9.17, 15) is 9.59 Å². The van der Waals surface area contributed by atoms with Crippen LogP contribution in [0.5, 0.6) is 0 Å². The maximum absolute atomic E-state index is 10.2. The van der Waals surface area contributed by atoms with Gasteiger partial charge in [0.05, 0.1) is 0 Å². The number of carboxylic acids is 1. The van der Waals surface area contributed by atoms with Crippen LogP contribution in [0, 0.1) is 0 Å². The Morgan fingerprint density at radius 2 is 2.40 bits per heavy atom. The van der Waals surface area contributed by atoms with E-state index >= 15 is 0 Å². The third kappa shape index (κ3) is 3.34. The zero-order chi connectivity index (χ0) is 7.98. The van der Waals surface area contributed by atoms with Crippen molar-refractivity contribution in [2.24, 2.45) is 0 Å². The molecule has 0 aliphatic carbocycles. The van der Waals surface area contributed by atoms with Crippen LogP contribution in [0.3, 0.4) is 0 Å². The Kier molecular flexibility index (Phi) is 4.74. The van der Waals surface area contributed by atoms with Gasteiger partial charge in [0.2, 0.25) is 6.41 Å². The maximum atomic E-state index is 10.2. The van der Waals surface area contributed by atoms with Crippen molar-refractivity contribution in [3.8, 4) is 0 Å². The van der Waals surface area contributed by atoms with Crippen LogP contribution in [0.1, 0.15) is 6.42 Å². The van der Waals surface area contributed by atoms with Gasteiger partial charge in [0.1, 0.15) is 6.04 Å². The van der Waals surface area contributed by atoms with Gasteiger partial charge in [-0.15, -0.1) is 0 Å². The molecule has 0 saturated carbocycles. The van der Waals surface area contributed by atoms with Gasteiger partial charge in [-0.05, 0) is 12.2 Å². The van der Waals surface area contributed by atoms with Crippen LogP contribution >= 0.6 is 12.6 Å². The van der Waals surface area contributed by atoms with E-state index in [2.05, 4.69) is 17.9 Å². The number of nitrogens with one attached hydrogen (secondary N) is 1. The average Bonchev–Trinajstić information content (AvgIpc) is 1.87. The summed E-state index contributed by atoms with van der Waals surface area (Å²) in [5, 5.41) is 10.5. The van der Waals surface area contributed by atoms with Crippen LogP contribution in [0.15, 0.2) is 0 Å². The van der Waals surface area contributed by atoms with Gasteiger partial charge >= 0.3 is 5.97 Å². The molecule has 10 heavy (non-hydrogen) atoms. The first-order valence-corrected chi connectivity index (χ1v) is 3.39. The van der Waals surface area contributed by atoms with Gasteiger partial charge in [0.25, 0.3) is 0 Å². The number of carboxylic acid groups (broad SMARTS) is 1. The minimum atomic E-state index is -1.03. The SMILES string of the molecule is O=CN[C@@H](CCS)C(=O)O. The first-order chi connectivity index (χ1) is 4.72. The average molecular weight is 163 g/mol. The summed E-state index contributed by atoms with van der Waals surface area (Å²) in [6.45, 7) is 0. The Balaban J connectivity index is 3.71. The molecule has 58 valence electrons. The Bertz CT molecular complexity index is 128. The van der Waals surface area contributed by atoms with E-state index in [0.29, 0.717) is 18.6 Å². The number of rotatable bonds is 5. The lowest BCUT2D eigenvalue weighted by Crippen LogP contribution is -2.35. The van der Waals surface area contributed by atoms with Crippen molar-refractivity contribution < 1.29 is 14.7 Å². The van der Waals surface area contributed by atoms with Crippen LogP contribution in [0.4, 0.5) is 0 Å². The van der Waals surface area contributed by atoms with Crippen LogP contribution in [0.2, 0.25) is 0 Å². The standard InChI is InChI=1S/C5H9NO3S/c7-3-6-4(1-2-10)5(8)9/h3-4,10H,1-2H2,(H,6,7)(H,8,9)/t4-/m0/s1. The number of amides is 1. The van der Waals surface area contributed by atoms with E-state index in [0.717, 1.165) is 0 Å². The molecule has 0 aromatic heterocycles. The molecular formula is C5H9NO3S. The summed E-state index contributed by atoms with van der Waals surface area (Å²) in [5.74, 6) is -0.584. The molecular weight excluding hydrogens is 154 g/mol. The van der Waals surface area contributed by atoms with E-state index in [1.54, 1.807) is 0 Å². The molecule has 4 nitrogen and oxygen atoms in total. The normalized spacial score (nSPS) is 12.1. The molecule has 5 heteroatoms. The van der Waals surface area contributed by atoms with Gasteiger partial charge in [-0.25, -0.2) is 4.79 Å². The maximum Gasteiger partial charge on any atom is 0.326 e. The van der Waals surface area contributed by atoms with Gasteiger partial charge in [-0.3, -0.25) is 4.79 Å². The first-order valence-electron chi connectivity index (χ1n) is 2.75. The highest BCUT2D eigenvalue weighted by Crippen LogP contribution is 1.92. The molecule has 0 aliphatic heterocycles. The summed E-state index contributed by atoms with van der Waals surface area (Å²) in [4.78, 5) is 20.0. The van der Waals surface area contributed by atoms with E-state index < -0.39 is 12.0 Å². The number of hydrogen-bond donors (Lipinski definition) is 3. The summed E-state index contributed by atoms with van der Waals surface area (Å²) < 4.78 is 0. The largest absolute Gasteiger partial charge is 0.480 e. The third-order valence-electron chi connectivity index (χ3n) is 0.985. The minimum Gasteiger partial charge on any atom is -0.480 e. The molecule has 0 spiro atoms. The fourth-order valence-electron chi connectivity index (χ4n) is 0.489. The van der Waals surface area contributed by atoms with E-state index in [1.807, 2.05) is 0 Å². The van der Waals surface area contributed by atoms with Gasteiger partial charge < -0.3 is 10.4 Å². The molecule has 0 aromatic rings. The van der Waals surface area contributed by atoms with Gasteiger partial charge in [0, 0.05) is 0 Å². The minimum absolute atomic E-state index is 0.344. The molecule has 2 N–H and O–H groups in total. The summed E-state index contributed by atoms with van der Waals surface area (Å²) in [7, 11) is 0. The molecule has 0 aromatic carbocycles. The van der Waals surface area contributed by atoms with E-state index in [1.165, 1.54) is 0 Å². The smallest absolute Gasteiger partial charge is 0.326 e. The van der Waals surface area contributed by atoms with E-state index in [4.69, 9.17) is 5.11 Å². The van der Waals surface area contributed by atoms with Crippen LogP contribution < -0.4 is 5.32 Å². The summed E-state index contributed by atoms with van der Waals surface area (Å²) in [6, 6.07) is -0.796. The Labute approximate surface area is 64.0 Å². The number of hydrogen-bond acceptors (Lipinski definition) is 3. The zero-order valence-corrected chi connectivity index (χ0v) is 6.17. The number of thiol groups is 1. The molecule has 0 unspecified atom stereocenters. The highest BCUT2D eigenvalue weighted by molar-refractivity contribution is 7.80. The second-order valence-corrected chi connectivity index (χ2v) is 2.13. The highest BCUT2D eigenvalue weighted by Gasteiger charge is 2.13. The number of carbonyl (C=O) groups excluding carboxylic acids is 1. The van der Waals surface area contributed by atoms with E-state index in [-0.39, 0.29) is 0 Å². The summed E-state index contributed by atoms with van der Waals surface area (Å²) in [5.41, 5.74) is 0.